The van der Waals surface area contributed by atoms with Crippen molar-refractivity contribution in [3.05, 3.63) is 35.9 Å². The van der Waals surface area contributed by atoms with Gasteiger partial charge in [-0.1, -0.05) is 36.8 Å². The third-order valence-electron chi connectivity index (χ3n) is 5.68. The normalized spacial score (nSPS) is 25.8. The molecule has 5 nitrogen and oxygen atoms in total. The van der Waals surface area contributed by atoms with Gasteiger partial charge in [0.25, 0.3) is 0 Å². The first kappa shape index (κ1) is 17.0. The fourth-order valence-electron chi connectivity index (χ4n) is 4.15. The molecule has 0 spiro atoms. The van der Waals surface area contributed by atoms with Gasteiger partial charge in [-0.3, -0.25) is 9.59 Å². The Bertz CT molecular complexity index is 607. The number of carboxylic acid groups (broad SMARTS) is 1. The summed E-state index contributed by atoms with van der Waals surface area (Å²) >= 11 is 0. The second-order valence-electron chi connectivity index (χ2n) is 7.15. The van der Waals surface area contributed by atoms with Gasteiger partial charge in [0.05, 0.1) is 12.0 Å². The molecule has 130 valence electrons. The van der Waals surface area contributed by atoms with E-state index < -0.39 is 16.8 Å². The van der Waals surface area contributed by atoms with E-state index >= 15 is 0 Å². The van der Waals surface area contributed by atoms with Crippen LogP contribution in [-0.2, 0) is 19.7 Å². The van der Waals surface area contributed by atoms with Crippen molar-refractivity contribution in [1.29, 1.82) is 0 Å². The third kappa shape index (κ3) is 2.71. The van der Waals surface area contributed by atoms with Crippen molar-refractivity contribution < 1.29 is 19.4 Å². The van der Waals surface area contributed by atoms with Gasteiger partial charge in [0, 0.05) is 20.2 Å². The number of nitrogens with zero attached hydrogens (tertiary/aromatic N) is 1. The molecule has 3 rings (SSSR count). The lowest BCUT2D eigenvalue weighted by Crippen LogP contribution is -2.58. The molecule has 2 aliphatic rings. The zero-order valence-electron chi connectivity index (χ0n) is 14.2. The van der Waals surface area contributed by atoms with Gasteiger partial charge >= 0.3 is 5.97 Å². The number of carbonyl (C=O) groups excluding carboxylic acids is 1. The number of ether oxygens (including phenoxy) is 1. The van der Waals surface area contributed by atoms with Gasteiger partial charge in [-0.15, -0.1) is 0 Å². The van der Waals surface area contributed by atoms with E-state index in [-0.39, 0.29) is 19.1 Å². The SMILES string of the molecule is COCC1(C(=O)O)CCCN(C(=O)C2(c3ccccc3)CCC2)C1. The Balaban J connectivity index is 1.85. The Labute approximate surface area is 142 Å². The summed E-state index contributed by atoms with van der Waals surface area (Å²) in [6.45, 7) is 1.01. The number of hydrogen-bond acceptors (Lipinski definition) is 3. The zero-order chi connectivity index (χ0) is 17.2. The van der Waals surface area contributed by atoms with Gasteiger partial charge < -0.3 is 14.7 Å². The molecule has 2 fully saturated rings. The van der Waals surface area contributed by atoms with Crippen LogP contribution in [0.5, 0.6) is 0 Å². The summed E-state index contributed by atoms with van der Waals surface area (Å²) < 4.78 is 5.17. The highest BCUT2D eigenvalue weighted by atomic mass is 16.5. The number of piperidine rings is 1. The minimum absolute atomic E-state index is 0.0846. The van der Waals surface area contributed by atoms with Gasteiger partial charge in [0.1, 0.15) is 5.41 Å². The van der Waals surface area contributed by atoms with Crippen LogP contribution in [0.1, 0.15) is 37.7 Å². The van der Waals surface area contributed by atoms with Crippen LogP contribution in [0.4, 0.5) is 0 Å². The molecule has 5 heteroatoms. The average molecular weight is 331 g/mol. The van der Waals surface area contributed by atoms with Crippen LogP contribution in [0.2, 0.25) is 0 Å². The van der Waals surface area contributed by atoms with Crippen molar-refractivity contribution in [2.24, 2.45) is 5.41 Å². The van der Waals surface area contributed by atoms with Crippen LogP contribution in [0.3, 0.4) is 0 Å². The monoisotopic (exact) mass is 331 g/mol. The molecule has 1 aromatic rings. The van der Waals surface area contributed by atoms with Crippen LogP contribution < -0.4 is 0 Å². The number of carbonyl (C=O) groups is 2. The lowest BCUT2D eigenvalue weighted by atomic mass is 9.63. The summed E-state index contributed by atoms with van der Waals surface area (Å²) in [5.41, 5.74) is -0.389. The highest BCUT2D eigenvalue weighted by molar-refractivity contribution is 5.90. The van der Waals surface area contributed by atoms with E-state index in [2.05, 4.69) is 0 Å². The van der Waals surface area contributed by atoms with Crippen molar-refractivity contribution >= 4 is 11.9 Å². The van der Waals surface area contributed by atoms with Crippen molar-refractivity contribution in [3.63, 3.8) is 0 Å². The third-order valence-corrected chi connectivity index (χ3v) is 5.68. The topological polar surface area (TPSA) is 66.8 Å². The second kappa shape index (κ2) is 6.55. The zero-order valence-corrected chi connectivity index (χ0v) is 14.2. The molecule has 1 atom stereocenters. The van der Waals surface area contributed by atoms with Crippen LogP contribution in [0.15, 0.2) is 30.3 Å². The molecule has 1 saturated carbocycles. The lowest BCUT2D eigenvalue weighted by Gasteiger charge is -2.47. The molecular weight excluding hydrogens is 306 g/mol. The summed E-state index contributed by atoms with van der Waals surface area (Å²) in [6, 6.07) is 9.91. The summed E-state index contributed by atoms with van der Waals surface area (Å²) in [5.74, 6) is -0.786. The number of methoxy groups -OCH3 is 1. The van der Waals surface area contributed by atoms with E-state index in [9.17, 15) is 14.7 Å². The maximum atomic E-state index is 13.3. The van der Waals surface area contributed by atoms with Crippen LogP contribution in [-0.4, -0.2) is 48.7 Å². The van der Waals surface area contributed by atoms with E-state index in [1.54, 1.807) is 4.90 Å². The van der Waals surface area contributed by atoms with Crippen molar-refractivity contribution in [3.8, 4) is 0 Å². The van der Waals surface area contributed by atoms with Gasteiger partial charge in [0.15, 0.2) is 0 Å². The number of hydrogen-bond donors (Lipinski definition) is 1. The Morgan fingerprint density at radius 1 is 1.17 bits per heavy atom. The number of benzene rings is 1. The summed E-state index contributed by atoms with van der Waals surface area (Å²) in [7, 11) is 1.52. The van der Waals surface area contributed by atoms with Crippen molar-refractivity contribution in [1.82, 2.24) is 4.90 Å². The van der Waals surface area contributed by atoms with Gasteiger partial charge in [-0.05, 0) is 31.2 Å². The number of likely N-dealkylation sites (tertiary alicyclic amines) is 1. The van der Waals surface area contributed by atoms with E-state index in [4.69, 9.17) is 4.74 Å². The Morgan fingerprint density at radius 2 is 1.88 bits per heavy atom. The summed E-state index contributed by atoms with van der Waals surface area (Å²) in [5, 5.41) is 9.69. The summed E-state index contributed by atoms with van der Waals surface area (Å²) in [6.07, 6.45) is 3.98. The van der Waals surface area contributed by atoms with E-state index in [0.717, 1.165) is 24.8 Å². The van der Waals surface area contributed by atoms with Gasteiger partial charge in [-0.25, -0.2) is 0 Å². The van der Waals surface area contributed by atoms with E-state index in [0.29, 0.717) is 19.4 Å². The molecule has 1 saturated heterocycles. The molecule has 24 heavy (non-hydrogen) atoms. The number of rotatable bonds is 5. The predicted octanol–water partition coefficient (Wildman–Crippen LogP) is 2.45. The highest BCUT2D eigenvalue weighted by Gasteiger charge is 2.51. The number of carboxylic acids is 1. The molecule has 0 radical (unpaired) electrons. The highest BCUT2D eigenvalue weighted by Crippen LogP contribution is 2.46. The first-order chi connectivity index (χ1) is 11.5. The fraction of sp³-hybridized carbons (Fsp3) is 0.579. The maximum Gasteiger partial charge on any atom is 0.313 e. The summed E-state index contributed by atoms with van der Waals surface area (Å²) in [4.78, 5) is 26.9. The molecule has 1 amide bonds. The smallest absolute Gasteiger partial charge is 0.313 e. The number of aliphatic carboxylic acids is 1. The molecule has 1 N–H and O–H groups in total. The van der Waals surface area contributed by atoms with Crippen LogP contribution in [0.25, 0.3) is 0 Å². The predicted molar refractivity (Wildman–Crippen MR) is 89.7 cm³/mol. The van der Waals surface area contributed by atoms with Crippen molar-refractivity contribution in [2.75, 3.05) is 26.8 Å². The molecule has 1 unspecified atom stereocenters. The molecule has 0 bridgehead atoms. The fourth-order valence-corrected chi connectivity index (χ4v) is 4.15. The van der Waals surface area contributed by atoms with E-state index in [1.807, 2.05) is 30.3 Å². The van der Waals surface area contributed by atoms with Crippen LogP contribution >= 0.6 is 0 Å². The molecule has 1 heterocycles. The number of amides is 1. The standard InChI is InChI=1S/C19H25NO4/c1-24-14-18(17(22)23)9-6-12-20(13-18)16(21)19(10-5-11-19)15-7-3-2-4-8-15/h2-4,7-8H,5-6,9-14H2,1H3,(H,22,23). The Hall–Kier alpha value is -1.88. The quantitative estimate of drug-likeness (QED) is 0.900. The van der Waals surface area contributed by atoms with Crippen LogP contribution in [0, 0.1) is 5.41 Å². The minimum Gasteiger partial charge on any atom is -0.481 e. The molecule has 1 aliphatic heterocycles. The molecular formula is C19H25NO4. The molecule has 1 aliphatic carbocycles. The average Bonchev–Trinajstić information content (AvgIpc) is 2.55. The van der Waals surface area contributed by atoms with Gasteiger partial charge in [-0.2, -0.15) is 0 Å². The van der Waals surface area contributed by atoms with E-state index in [1.165, 1.54) is 7.11 Å². The van der Waals surface area contributed by atoms with Crippen molar-refractivity contribution in [2.45, 2.75) is 37.5 Å². The molecule has 0 aromatic heterocycles. The first-order valence-electron chi connectivity index (χ1n) is 8.61. The minimum atomic E-state index is -0.982. The largest absolute Gasteiger partial charge is 0.481 e. The Kier molecular flexibility index (Phi) is 4.63. The second-order valence-corrected chi connectivity index (χ2v) is 7.15. The Morgan fingerprint density at radius 3 is 2.42 bits per heavy atom. The van der Waals surface area contributed by atoms with Gasteiger partial charge in [0.2, 0.25) is 5.91 Å². The first-order valence-corrected chi connectivity index (χ1v) is 8.61. The molecule has 1 aromatic carbocycles. The lowest BCUT2D eigenvalue weighted by molar-refractivity contribution is -0.161. The maximum absolute atomic E-state index is 13.3.